The van der Waals surface area contributed by atoms with Gasteiger partial charge < -0.3 is 19.2 Å². The molecule has 0 radical (unpaired) electrons. The molecule has 5 rings (SSSR count). The van der Waals surface area contributed by atoms with Crippen LogP contribution in [0.4, 0.5) is 0 Å². The van der Waals surface area contributed by atoms with Gasteiger partial charge in [0.25, 0.3) is 0 Å². The van der Waals surface area contributed by atoms with E-state index in [4.69, 9.17) is 14.2 Å². The number of hydrogen-bond acceptors (Lipinski definition) is 6. The second-order valence-corrected chi connectivity index (χ2v) is 9.63. The Labute approximate surface area is 194 Å². The summed E-state index contributed by atoms with van der Waals surface area (Å²) in [5.41, 5.74) is 0.915. The molecule has 0 amide bonds. The minimum absolute atomic E-state index is 0.0439. The number of benzene rings is 1. The van der Waals surface area contributed by atoms with Crippen molar-refractivity contribution >= 4 is 22.8 Å². The van der Waals surface area contributed by atoms with Gasteiger partial charge in [-0.1, -0.05) is 25.1 Å². The standard InChI is InChI=1S/C26H34N2O5/c1-4-24-13-9-14-28-15-12-19-18-10-7-8-11-20(18)27-21(19)26(24,28)33-17-25(16-24,22(29)31-5-2)23(30)32-6-3/h7-8,10-11,27H,4-6,9,12-17H2,1-3H3/t24-,26?/m0/s1. The summed E-state index contributed by atoms with van der Waals surface area (Å²) in [6.07, 6.45) is 3.95. The molecule has 3 aliphatic heterocycles. The Hall–Kier alpha value is -2.38. The van der Waals surface area contributed by atoms with Crippen LogP contribution in [-0.4, -0.2) is 54.7 Å². The summed E-state index contributed by atoms with van der Waals surface area (Å²) in [5.74, 6) is -1.06. The number of H-pyrrole nitrogens is 1. The van der Waals surface area contributed by atoms with Crippen molar-refractivity contribution in [2.45, 2.75) is 58.6 Å². The van der Waals surface area contributed by atoms with Crippen molar-refractivity contribution in [1.29, 1.82) is 0 Å². The number of fused-ring (bicyclic) bond motifs is 3. The first-order valence-corrected chi connectivity index (χ1v) is 12.3. The van der Waals surface area contributed by atoms with E-state index < -0.39 is 28.5 Å². The number of esters is 2. The highest BCUT2D eigenvalue weighted by Gasteiger charge is 2.69. The number of aromatic amines is 1. The Balaban J connectivity index is 1.69. The van der Waals surface area contributed by atoms with Crippen molar-refractivity contribution in [2.75, 3.05) is 32.9 Å². The van der Waals surface area contributed by atoms with Gasteiger partial charge in [-0.25, -0.2) is 0 Å². The predicted octanol–water partition coefficient (Wildman–Crippen LogP) is 3.90. The van der Waals surface area contributed by atoms with Crippen LogP contribution in [0.2, 0.25) is 0 Å². The molecular formula is C26H34N2O5. The van der Waals surface area contributed by atoms with E-state index >= 15 is 0 Å². The van der Waals surface area contributed by atoms with Gasteiger partial charge in [-0.15, -0.1) is 0 Å². The van der Waals surface area contributed by atoms with Crippen molar-refractivity contribution in [3.05, 3.63) is 35.5 Å². The normalized spacial score (nSPS) is 28.5. The predicted molar refractivity (Wildman–Crippen MR) is 123 cm³/mol. The Morgan fingerprint density at radius 1 is 1.09 bits per heavy atom. The number of nitrogens with zero attached hydrogens (tertiary/aromatic N) is 1. The molecule has 2 fully saturated rings. The third-order valence-corrected chi connectivity index (χ3v) is 8.21. The minimum atomic E-state index is -1.44. The van der Waals surface area contributed by atoms with E-state index in [1.807, 2.05) is 6.07 Å². The number of para-hydroxylation sites is 1. The van der Waals surface area contributed by atoms with Gasteiger partial charge in [0.15, 0.2) is 11.1 Å². The molecule has 2 saturated heterocycles. The summed E-state index contributed by atoms with van der Waals surface area (Å²) in [7, 11) is 0. The molecule has 1 aromatic carbocycles. The number of aromatic nitrogens is 1. The smallest absolute Gasteiger partial charge is 0.325 e. The quantitative estimate of drug-likeness (QED) is 0.545. The van der Waals surface area contributed by atoms with Gasteiger partial charge in [0.1, 0.15) is 0 Å². The molecule has 3 aliphatic rings. The van der Waals surface area contributed by atoms with Gasteiger partial charge in [0, 0.05) is 29.4 Å². The van der Waals surface area contributed by atoms with E-state index in [9.17, 15) is 9.59 Å². The monoisotopic (exact) mass is 454 g/mol. The number of rotatable bonds is 5. The maximum atomic E-state index is 13.3. The van der Waals surface area contributed by atoms with Crippen LogP contribution in [0.5, 0.6) is 0 Å². The maximum Gasteiger partial charge on any atom is 0.325 e. The average molecular weight is 455 g/mol. The lowest BCUT2D eigenvalue weighted by Crippen LogP contribution is -2.70. The summed E-state index contributed by atoms with van der Waals surface area (Å²) in [6, 6.07) is 8.39. The van der Waals surface area contributed by atoms with Crippen LogP contribution in [0.15, 0.2) is 24.3 Å². The highest BCUT2D eigenvalue weighted by molar-refractivity contribution is 6.00. The van der Waals surface area contributed by atoms with Crippen molar-refractivity contribution in [1.82, 2.24) is 9.88 Å². The molecule has 2 aromatic rings. The van der Waals surface area contributed by atoms with E-state index in [2.05, 4.69) is 35.0 Å². The second-order valence-electron chi connectivity index (χ2n) is 9.63. The molecule has 1 spiro atoms. The minimum Gasteiger partial charge on any atom is -0.465 e. The summed E-state index contributed by atoms with van der Waals surface area (Å²) < 4.78 is 17.7. The molecule has 178 valence electrons. The second kappa shape index (κ2) is 8.13. The number of hydrogen-bond donors (Lipinski definition) is 1. The molecule has 4 heterocycles. The van der Waals surface area contributed by atoms with Crippen molar-refractivity contribution in [3.8, 4) is 0 Å². The fourth-order valence-electron chi connectivity index (χ4n) is 6.77. The van der Waals surface area contributed by atoms with Gasteiger partial charge in [0.05, 0.1) is 25.5 Å². The third-order valence-electron chi connectivity index (χ3n) is 8.21. The number of ether oxygens (including phenoxy) is 3. The summed E-state index contributed by atoms with van der Waals surface area (Å²) in [5, 5.41) is 1.23. The molecule has 1 aromatic heterocycles. The Bertz CT molecular complexity index is 1060. The van der Waals surface area contributed by atoms with E-state index in [1.165, 1.54) is 10.9 Å². The summed E-state index contributed by atoms with van der Waals surface area (Å²) >= 11 is 0. The number of piperidine rings is 1. The zero-order valence-corrected chi connectivity index (χ0v) is 19.9. The molecule has 33 heavy (non-hydrogen) atoms. The van der Waals surface area contributed by atoms with Crippen molar-refractivity contribution in [2.24, 2.45) is 10.8 Å². The lowest BCUT2D eigenvalue weighted by molar-refractivity contribution is -0.314. The lowest BCUT2D eigenvalue weighted by Gasteiger charge is -2.64. The van der Waals surface area contributed by atoms with Crippen LogP contribution in [-0.2, 0) is 35.9 Å². The zero-order valence-electron chi connectivity index (χ0n) is 19.9. The number of nitrogens with one attached hydrogen (secondary N) is 1. The van der Waals surface area contributed by atoms with E-state index in [-0.39, 0.29) is 19.8 Å². The highest BCUT2D eigenvalue weighted by Crippen LogP contribution is 2.63. The van der Waals surface area contributed by atoms with Crippen LogP contribution in [0.1, 0.15) is 57.7 Å². The van der Waals surface area contributed by atoms with Crippen LogP contribution < -0.4 is 0 Å². The Morgan fingerprint density at radius 3 is 2.52 bits per heavy atom. The van der Waals surface area contributed by atoms with Crippen LogP contribution in [0.25, 0.3) is 10.9 Å². The molecule has 7 heteroatoms. The van der Waals surface area contributed by atoms with Gasteiger partial charge in [-0.2, -0.15) is 0 Å². The number of carbonyl (C=O) groups excluding carboxylic acids is 2. The fourth-order valence-corrected chi connectivity index (χ4v) is 6.77. The molecule has 0 bridgehead atoms. The van der Waals surface area contributed by atoms with Crippen molar-refractivity contribution in [3.63, 3.8) is 0 Å². The molecule has 1 N–H and O–H groups in total. The molecule has 1 unspecified atom stereocenters. The molecular weight excluding hydrogens is 420 g/mol. The average Bonchev–Trinajstić information content (AvgIpc) is 3.22. The summed E-state index contributed by atoms with van der Waals surface area (Å²) in [6.45, 7) is 7.88. The molecule has 2 atom stereocenters. The highest BCUT2D eigenvalue weighted by atomic mass is 16.6. The van der Waals surface area contributed by atoms with Crippen molar-refractivity contribution < 1.29 is 23.8 Å². The first-order chi connectivity index (χ1) is 16.0. The largest absolute Gasteiger partial charge is 0.465 e. The molecule has 0 aliphatic carbocycles. The van der Waals surface area contributed by atoms with Gasteiger partial charge in [-0.3, -0.25) is 14.5 Å². The first-order valence-electron chi connectivity index (χ1n) is 12.3. The summed E-state index contributed by atoms with van der Waals surface area (Å²) in [4.78, 5) is 32.7. The van der Waals surface area contributed by atoms with E-state index in [0.29, 0.717) is 6.42 Å². The Morgan fingerprint density at radius 2 is 1.82 bits per heavy atom. The van der Waals surface area contributed by atoms with Gasteiger partial charge in [0.2, 0.25) is 0 Å². The van der Waals surface area contributed by atoms with Gasteiger partial charge >= 0.3 is 11.9 Å². The topological polar surface area (TPSA) is 80.9 Å². The maximum absolute atomic E-state index is 13.3. The van der Waals surface area contributed by atoms with E-state index in [1.54, 1.807) is 13.8 Å². The number of carbonyl (C=O) groups is 2. The molecule has 7 nitrogen and oxygen atoms in total. The SMILES string of the molecule is CCOC(=O)C1(C(=O)OCC)COC23c4[nH]c5ccccc5c4CCN2CCC[C@@]3(CC)C1. The van der Waals surface area contributed by atoms with Crippen LogP contribution >= 0.6 is 0 Å². The Kier molecular flexibility index (Phi) is 5.52. The zero-order chi connectivity index (χ0) is 23.3. The lowest BCUT2D eigenvalue weighted by atomic mass is 9.56. The van der Waals surface area contributed by atoms with Gasteiger partial charge in [-0.05, 0) is 57.6 Å². The molecule has 0 saturated carbocycles. The first kappa shape index (κ1) is 22.4. The van der Waals surface area contributed by atoms with Crippen LogP contribution in [0.3, 0.4) is 0 Å². The van der Waals surface area contributed by atoms with Crippen LogP contribution in [0, 0.1) is 10.8 Å². The van der Waals surface area contributed by atoms with E-state index in [0.717, 1.165) is 50.0 Å². The third kappa shape index (κ3) is 2.94. The fraction of sp³-hybridized carbons (Fsp3) is 0.615.